The number of ketones is 6. The summed E-state index contributed by atoms with van der Waals surface area (Å²) < 4.78 is 0. The van der Waals surface area contributed by atoms with Crippen molar-refractivity contribution in [2.24, 2.45) is 71.0 Å². The van der Waals surface area contributed by atoms with Crippen LogP contribution in [0.15, 0.2) is 219 Å². The minimum Gasteiger partial charge on any atom is -0.870 e. The van der Waals surface area contributed by atoms with Gasteiger partial charge in [-0.25, -0.2) is 111 Å². The first kappa shape index (κ1) is 195. The van der Waals surface area contributed by atoms with Crippen LogP contribution < -0.4 is 349 Å². The van der Waals surface area contributed by atoms with E-state index in [1.165, 1.54) is 66.8 Å². The summed E-state index contributed by atoms with van der Waals surface area (Å²) in [5, 5.41) is 0. The first-order chi connectivity index (χ1) is 62.8. The zero-order chi connectivity index (χ0) is 98.2. The van der Waals surface area contributed by atoms with Crippen molar-refractivity contribution in [3.05, 3.63) is 365 Å². The molecule has 0 saturated carbocycles. The average Bonchev–Trinajstić information content (AvgIpc) is 0.889. The Morgan fingerprint density at radius 3 is 0.540 bits per heavy atom. The molecule has 0 radical (unpaired) electrons. The zero-order valence-electron chi connectivity index (χ0n) is 95.7. The van der Waals surface area contributed by atoms with Crippen molar-refractivity contribution in [1.29, 1.82) is 0 Å². The summed E-state index contributed by atoms with van der Waals surface area (Å²) in [7, 11) is 0. The van der Waals surface area contributed by atoms with E-state index in [9.17, 15) is 28.8 Å². The Morgan fingerprint density at radius 1 is 0.213 bits per heavy atom. The van der Waals surface area contributed by atoms with Gasteiger partial charge in [0.1, 0.15) is 34.7 Å². The zero-order valence-corrected chi connectivity index (χ0v) is 143. The summed E-state index contributed by atoms with van der Waals surface area (Å²) >= 11 is 0. The summed E-state index contributed by atoms with van der Waals surface area (Å²) in [5.74, 6) is 6.65. The molecule has 804 valence electrons. The van der Waals surface area contributed by atoms with Crippen LogP contribution in [0, 0.1) is 151 Å². The van der Waals surface area contributed by atoms with Gasteiger partial charge >= 0.3 is 349 Å². The van der Waals surface area contributed by atoms with Crippen molar-refractivity contribution >= 4 is 108 Å². The first-order valence-corrected chi connectivity index (χ1v) is 48.6. The summed E-state index contributed by atoms with van der Waals surface area (Å²) in [6.07, 6.45) is 80.5. The molecular weight excluding hydrogens is 3320 g/mol. The summed E-state index contributed by atoms with van der Waals surface area (Å²) in [5.41, 5.74) is 14.5. The quantitative estimate of drug-likeness (QED) is 0.0322. The van der Waals surface area contributed by atoms with E-state index in [0.29, 0.717) is 110 Å². The maximum atomic E-state index is 10.9. The molecule has 0 aromatic heterocycles. The van der Waals surface area contributed by atoms with Gasteiger partial charge in [-0.2, -0.15) is 35.5 Å². The molecule has 0 heterocycles. The van der Waals surface area contributed by atoms with Gasteiger partial charge in [-0.1, -0.05) is 350 Å². The third kappa shape index (κ3) is 123. The molecule has 6 aromatic carbocycles. The van der Waals surface area contributed by atoms with Crippen LogP contribution in [0.5, 0.6) is 0 Å². The SMILES string of the molecule is [CH2-][C@H](C)/C=C/c1ccc(/C=C/[CH-][C@@H](C)CCCC(C)=O)cc1.[CH2-][C@H](C)/C=C/c1ccc(/C=C/[CH-][C@@H](C)CCCC(C)=O)cc1.[CH2-][C@H](C)/C=C/c1cccc(/C=C/[CH-][C@@H](C)CCCC(C)=O)c1.[CH2-][C@H](C)/C=C/c1cccc(/C=C/[CH-][C@@H](C)CCCC(C)=O)c1.[CH2-][C@H](C)/C=C/c1ccccc1/C=C/[CH-][C@@H](C)CCCC(C)=O.[CH2-][C@H](C)/C=C/c1ccccc1/C=C/[CH-][C@@H](C)CCCC(C)=O.[OH-].[OH-].[OH-].[OH-].[OH-].[OH-].[Rb+].[Rb+].[Rb+].[Rb+].[Rb+].[Rb+].[W].[W].[W].[W].[W].[W]. The molecule has 0 aliphatic rings. The van der Waals surface area contributed by atoms with Gasteiger partial charge in [-0.05, 0) is 113 Å². The van der Waals surface area contributed by atoms with Crippen LogP contribution in [-0.2, 0) is 155 Å². The van der Waals surface area contributed by atoms with E-state index in [1.807, 2.05) is 0 Å². The third-order valence-electron chi connectivity index (χ3n) is 20.8. The Kier molecular flexibility index (Phi) is 167. The molecule has 0 saturated heterocycles. The topological polar surface area (TPSA) is 282 Å². The molecular formula is C126H174O12Rb6W6-12. The van der Waals surface area contributed by atoms with E-state index in [4.69, 9.17) is 0 Å². The van der Waals surface area contributed by atoms with Crippen molar-refractivity contribution in [2.45, 2.75) is 240 Å². The minimum absolute atomic E-state index is 0. The molecule has 6 rings (SSSR count). The Labute approximate surface area is 1290 Å². The van der Waals surface area contributed by atoms with Crippen LogP contribution in [0.2, 0.25) is 0 Å². The number of rotatable bonds is 54. The molecule has 0 aliphatic carbocycles. The molecule has 6 aromatic rings. The monoisotopic (exact) mass is 3490 g/mol. The van der Waals surface area contributed by atoms with Crippen LogP contribution in [0.3, 0.4) is 0 Å². The van der Waals surface area contributed by atoms with Crippen molar-refractivity contribution in [2.75, 3.05) is 0 Å². The maximum Gasteiger partial charge on any atom is 1.00 e. The van der Waals surface area contributed by atoms with Crippen LogP contribution in [0.1, 0.15) is 307 Å². The normalized spacial score (nSPS) is 12.6. The fraction of sp³-hybridized carbons (Fsp3) is 0.381. The standard InChI is InChI=1S/6C21H28O.6H2O.6Rb.6W/c2*1-17(2)14-15-21-13-7-12-20(16-21)11-6-9-18(3)8-5-10-19(4)22;2*1-17(2)11-12-21-15-13-20(14-16-21)10-6-8-18(3)7-5-9-19(4)22;2*1-17(2)15-16-21-13-6-5-12-20(21)14-8-10-18(3)9-7-11-19(4)22;;;;;;;;;;;;;;;;;;/h2*6-7,9,11-18H,1,5,8,10H2,2-4H3;2*6,8,10-18H,1,5,7,9H2,2-4H3;2*5-6,8,10,12-18H,1,7,9,11H2,2-4H3;6*1H2;;;;;;;;;;;;/q6*-2;;;;;;;6*+1;;;;;;/p-6/b2*11-6+,15-14+;2*10-6+,12-11+;2*14-8+,16-15+;;;;;;;;;;;;;;;;;;/t6*17-,18+;;;;;;;;;;;;;;;;;;/m111111................../s1. The molecule has 24 heteroatoms. The fourth-order valence-corrected chi connectivity index (χ4v) is 13.0. The molecule has 0 spiro atoms. The van der Waals surface area contributed by atoms with Gasteiger partial charge in [-0.15, -0.1) is 58.7 Å². The van der Waals surface area contributed by atoms with E-state index in [-0.39, 0.29) is 543 Å². The van der Waals surface area contributed by atoms with E-state index in [2.05, 4.69) is 455 Å². The van der Waals surface area contributed by atoms with Gasteiger partial charge < -0.3 is 103 Å². The Hall–Kier alpha value is 4.16. The molecule has 12 atom stereocenters. The van der Waals surface area contributed by atoms with Gasteiger partial charge in [-0.3, -0.25) is 0 Å². The van der Waals surface area contributed by atoms with E-state index in [1.54, 1.807) is 41.5 Å². The number of carbonyl (C=O) groups is 6. The van der Waals surface area contributed by atoms with E-state index in [0.717, 1.165) is 77.0 Å². The molecule has 0 bridgehead atoms. The van der Waals surface area contributed by atoms with Crippen molar-refractivity contribution < 1.29 is 537 Å². The van der Waals surface area contributed by atoms with Gasteiger partial charge in [0.15, 0.2) is 0 Å². The maximum absolute atomic E-state index is 10.9. The molecule has 0 amide bonds. The number of hydrogen-bond acceptors (Lipinski definition) is 12. The van der Waals surface area contributed by atoms with Crippen LogP contribution in [0.25, 0.3) is 72.9 Å². The molecule has 0 aliphatic heterocycles. The van der Waals surface area contributed by atoms with Crippen molar-refractivity contribution in [3.8, 4) is 0 Å². The Morgan fingerprint density at radius 2 is 0.360 bits per heavy atom. The third-order valence-corrected chi connectivity index (χ3v) is 20.8. The van der Waals surface area contributed by atoms with E-state index >= 15 is 0 Å². The molecule has 0 fully saturated rings. The van der Waals surface area contributed by atoms with Gasteiger partial charge in [0, 0.05) is 165 Å². The molecule has 150 heavy (non-hydrogen) atoms. The Bertz CT molecular complexity index is 4310. The summed E-state index contributed by atoms with van der Waals surface area (Å²) in [6, 6.07) is 50.6. The fourth-order valence-electron chi connectivity index (χ4n) is 13.0. The second-order valence-corrected chi connectivity index (χ2v) is 36.7. The van der Waals surface area contributed by atoms with Crippen LogP contribution >= 0.6 is 0 Å². The van der Waals surface area contributed by atoms with Gasteiger partial charge in [0.05, 0.1) is 0 Å². The van der Waals surface area contributed by atoms with Crippen LogP contribution in [-0.4, -0.2) is 67.6 Å². The van der Waals surface area contributed by atoms with Crippen molar-refractivity contribution in [1.82, 2.24) is 0 Å². The van der Waals surface area contributed by atoms with Gasteiger partial charge in [0.25, 0.3) is 0 Å². The van der Waals surface area contributed by atoms with Crippen LogP contribution in [0.4, 0.5) is 0 Å². The van der Waals surface area contributed by atoms with E-state index < -0.39 is 0 Å². The minimum atomic E-state index is 0. The number of Topliss-reactive ketones (excluding diaryl/α,β-unsaturated/α-hetero) is 6. The van der Waals surface area contributed by atoms with Crippen molar-refractivity contribution in [3.63, 3.8) is 0 Å². The number of hydrogen-bond donors (Lipinski definition) is 0. The summed E-state index contributed by atoms with van der Waals surface area (Å²) in [6.45, 7) is 59.3. The number of allylic oxidation sites excluding steroid dienone is 12. The number of benzene rings is 6. The largest absolute Gasteiger partial charge is 1.00 e. The Balaban J connectivity index is -0.0000000851. The van der Waals surface area contributed by atoms with Gasteiger partial charge in [0.2, 0.25) is 0 Å². The number of carbonyl (C=O) groups excluding carboxylic acids is 6. The summed E-state index contributed by atoms with van der Waals surface area (Å²) in [4.78, 5) is 65.5. The second-order valence-electron chi connectivity index (χ2n) is 36.7. The average molecular weight is 3500 g/mol. The molecule has 0 unspecified atom stereocenters. The predicted molar refractivity (Wildman–Crippen MR) is 594 cm³/mol. The smallest absolute Gasteiger partial charge is 0.870 e. The second kappa shape index (κ2) is 128. The first-order valence-electron chi connectivity index (χ1n) is 48.6. The molecule has 12 nitrogen and oxygen atoms in total. The molecule has 6 N–H and O–H groups in total. The predicted octanol–water partition coefficient (Wildman–Crippen LogP) is 15.6.